The summed E-state index contributed by atoms with van der Waals surface area (Å²) in [5.41, 5.74) is 10.4. The van der Waals surface area contributed by atoms with Crippen LogP contribution in [0, 0.1) is 0 Å². The fraction of sp³-hybridized carbons (Fsp3) is 0.259. The quantitative estimate of drug-likeness (QED) is 0.521. The fourth-order valence-electron chi connectivity index (χ4n) is 4.82. The second-order valence-corrected chi connectivity index (χ2v) is 9.15. The van der Waals surface area contributed by atoms with Gasteiger partial charge < -0.3 is 15.4 Å². The minimum Gasteiger partial charge on any atom is -0.489 e. The standard InChI is InChI=1S/C27H25ClN2O3/c28-25-14-19(8-10-24(25)26(29)31)18-5-3-4-17(12-18)16-33-22-9-11-23-20(13-22)15-30(27(23)32)21-6-1-2-7-21/h3-5,8-14,21H,1-2,6-7,15-16H2,(H2,29,31). The van der Waals surface area contributed by atoms with Gasteiger partial charge in [-0.05, 0) is 71.5 Å². The molecule has 0 radical (unpaired) electrons. The topological polar surface area (TPSA) is 72.6 Å². The van der Waals surface area contributed by atoms with Crippen LogP contribution in [0.4, 0.5) is 0 Å². The van der Waals surface area contributed by atoms with E-state index in [1.54, 1.807) is 12.1 Å². The van der Waals surface area contributed by atoms with Gasteiger partial charge in [0.15, 0.2) is 0 Å². The van der Waals surface area contributed by atoms with Crippen molar-refractivity contribution in [1.29, 1.82) is 0 Å². The Kier molecular flexibility index (Phi) is 5.81. The van der Waals surface area contributed by atoms with Gasteiger partial charge in [0, 0.05) is 18.2 Å². The zero-order chi connectivity index (χ0) is 22.9. The van der Waals surface area contributed by atoms with Gasteiger partial charge in [-0.25, -0.2) is 0 Å². The Labute approximate surface area is 198 Å². The summed E-state index contributed by atoms with van der Waals surface area (Å²) in [5, 5.41) is 0.334. The van der Waals surface area contributed by atoms with Gasteiger partial charge in [0.1, 0.15) is 12.4 Å². The van der Waals surface area contributed by atoms with Crippen molar-refractivity contribution in [2.45, 2.75) is 44.9 Å². The van der Waals surface area contributed by atoms with Gasteiger partial charge in [-0.15, -0.1) is 0 Å². The Morgan fingerprint density at radius 2 is 1.82 bits per heavy atom. The molecule has 1 aliphatic carbocycles. The fourth-order valence-corrected chi connectivity index (χ4v) is 5.10. The SMILES string of the molecule is NC(=O)c1ccc(-c2cccc(COc3ccc4c(c3)CN(C3CCCC3)C4=O)c2)cc1Cl. The molecular weight excluding hydrogens is 436 g/mol. The number of hydrogen-bond acceptors (Lipinski definition) is 3. The van der Waals surface area contributed by atoms with Gasteiger partial charge in [-0.3, -0.25) is 9.59 Å². The number of nitrogens with two attached hydrogens (primary N) is 1. The number of benzene rings is 3. The Bertz CT molecular complexity index is 1230. The Morgan fingerprint density at radius 1 is 1.03 bits per heavy atom. The number of carbonyl (C=O) groups excluding carboxylic acids is 2. The molecule has 1 fully saturated rings. The maximum atomic E-state index is 12.8. The van der Waals surface area contributed by atoms with Crippen LogP contribution in [0.5, 0.6) is 5.75 Å². The maximum Gasteiger partial charge on any atom is 0.254 e. The molecule has 6 heteroatoms. The van der Waals surface area contributed by atoms with E-state index in [0.717, 1.165) is 46.4 Å². The predicted octanol–water partition coefficient (Wildman–Crippen LogP) is 5.58. The van der Waals surface area contributed by atoms with Crippen molar-refractivity contribution < 1.29 is 14.3 Å². The molecule has 2 amide bonds. The molecule has 1 saturated carbocycles. The summed E-state index contributed by atoms with van der Waals surface area (Å²) in [7, 11) is 0. The molecule has 0 saturated heterocycles. The summed E-state index contributed by atoms with van der Waals surface area (Å²) in [4.78, 5) is 26.2. The highest BCUT2D eigenvalue weighted by Gasteiger charge is 2.34. The highest BCUT2D eigenvalue weighted by molar-refractivity contribution is 6.34. The zero-order valence-electron chi connectivity index (χ0n) is 18.2. The van der Waals surface area contributed by atoms with E-state index in [-0.39, 0.29) is 5.91 Å². The van der Waals surface area contributed by atoms with E-state index < -0.39 is 5.91 Å². The van der Waals surface area contributed by atoms with E-state index in [0.29, 0.717) is 29.8 Å². The molecule has 0 spiro atoms. The zero-order valence-corrected chi connectivity index (χ0v) is 19.0. The third-order valence-corrected chi connectivity index (χ3v) is 6.89. The molecule has 3 aromatic rings. The molecule has 0 unspecified atom stereocenters. The normalized spacial score (nSPS) is 15.7. The van der Waals surface area contributed by atoms with E-state index >= 15 is 0 Å². The third kappa shape index (κ3) is 4.33. The first kappa shape index (κ1) is 21.5. The molecule has 1 aliphatic heterocycles. The predicted molar refractivity (Wildman–Crippen MR) is 128 cm³/mol. The Hall–Kier alpha value is -3.31. The van der Waals surface area contributed by atoms with E-state index in [9.17, 15) is 9.59 Å². The van der Waals surface area contributed by atoms with E-state index in [2.05, 4.69) is 0 Å². The third-order valence-electron chi connectivity index (χ3n) is 6.57. The first-order chi connectivity index (χ1) is 16.0. The highest BCUT2D eigenvalue weighted by Crippen LogP contribution is 2.33. The number of fused-ring (bicyclic) bond motifs is 1. The molecule has 168 valence electrons. The van der Waals surface area contributed by atoms with Gasteiger partial charge >= 0.3 is 0 Å². The van der Waals surface area contributed by atoms with E-state index in [1.807, 2.05) is 53.4 Å². The lowest BCUT2D eigenvalue weighted by atomic mass is 10.0. The number of halogens is 1. The lowest BCUT2D eigenvalue weighted by Gasteiger charge is -2.23. The molecule has 0 bridgehead atoms. The maximum absolute atomic E-state index is 12.8. The van der Waals surface area contributed by atoms with Crippen LogP contribution in [0.3, 0.4) is 0 Å². The van der Waals surface area contributed by atoms with Crippen LogP contribution in [0.2, 0.25) is 5.02 Å². The first-order valence-electron chi connectivity index (χ1n) is 11.2. The summed E-state index contributed by atoms with van der Waals surface area (Å²) >= 11 is 6.21. The largest absolute Gasteiger partial charge is 0.489 e. The van der Waals surface area contributed by atoms with Crippen molar-refractivity contribution in [3.63, 3.8) is 0 Å². The van der Waals surface area contributed by atoms with Crippen LogP contribution >= 0.6 is 11.6 Å². The minimum atomic E-state index is -0.545. The van der Waals surface area contributed by atoms with Gasteiger partial charge in [-0.2, -0.15) is 0 Å². The van der Waals surface area contributed by atoms with Crippen LogP contribution in [0.15, 0.2) is 60.7 Å². The number of carbonyl (C=O) groups is 2. The lowest BCUT2D eigenvalue weighted by Crippen LogP contribution is -2.33. The van der Waals surface area contributed by atoms with Crippen molar-refractivity contribution in [3.05, 3.63) is 87.9 Å². The highest BCUT2D eigenvalue weighted by atomic mass is 35.5. The Morgan fingerprint density at radius 3 is 2.58 bits per heavy atom. The molecule has 2 aliphatic rings. The lowest BCUT2D eigenvalue weighted by molar-refractivity contribution is 0.0706. The van der Waals surface area contributed by atoms with Crippen molar-refractivity contribution in [2.75, 3.05) is 0 Å². The summed E-state index contributed by atoms with van der Waals surface area (Å²) in [6.07, 6.45) is 4.63. The molecule has 5 rings (SSSR count). The Balaban J connectivity index is 1.28. The van der Waals surface area contributed by atoms with Gasteiger partial charge in [0.25, 0.3) is 5.91 Å². The summed E-state index contributed by atoms with van der Waals surface area (Å²) in [6, 6.07) is 19.3. The van der Waals surface area contributed by atoms with Crippen LogP contribution in [0.1, 0.15) is 57.5 Å². The average Bonchev–Trinajstić information content (AvgIpc) is 3.45. The first-order valence-corrected chi connectivity index (χ1v) is 11.6. The number of amides is 2. The van der Waals surface area contributed by atoms with Gasteiger partial charge in [-0.1, -0.05) is 48.7 Å². The molecule has 2 N–H and O–H groups in total. The van der Waals surface area contributed by atoms with Gasteiger partial charge in [0.2, 0.25) is 5.91 Å². The monoisotopic (exact) mass is 460 g/mol. The number of hydrogen-bond donors (Lipinski definition) is 1. The molecule has 5 nitrogen and oxygen atoms in total. The number of nitrogens with zero attached hydrogens (tertiary/aromatic N) is 1. The van der Waals surface area contributed by atoms with Crippen molar-refractivity contribution in [1.82, 2.24) is 4.90 Å². The second-order valence-electron chi connectivity index (χ2n) is 8.74. The van der Waals surface area contributed by atoms with Gasteiger partial charge in [0.05, 0.1) is 10.6 Å². The number of rotatable bonds is 6. The van der Waals surface area contributed by atoms with Crippen LogP contribution in [-0.4, -0.2) is 22.8 Å². The summed E-state index contributed by atoms with van der Waals surface area (Å²) in [6.45, 7) is 1.08. The average molecular weight is 461 g/mol. The minimum absolute atomic E-state index is 0.150. The van der Waals surface area contributed by atoms with Crippen molar-refractivity contribution >= 4 is 23.4 Å². The molecular formula is C27H25ClN2O3. The van der Waals surface area contributed by atoms with Crippen molar-refractivity contribution in [3.8, 4) is 16.9 Å². The molecule has 3 aromatic carbocycles. The number of ether oxygens (including phenoxy) is 1. The van der Waals surface area contributed by atoms with E-state index in [1.165, 1.54) is 12.8 Å². The van der Waals surface area contributed by atoms with Crippen LogP contribution in [0.25, 0.3) is 11.1 Å². The second kappa shape index (κ2) is 8.91. The number of primary amides is 1. The van der Waals surface area contributed by atoms with Crippen molar-refractivity contribution in [2.24, 2.45) is 5.73 Å². The van der Waals surface area contributed by atoms with E-state index in [4.69, 9.17) is 22.1 Å². The van der Waals surface area contributed by atoms with Crippen LogP contribution < -0.4 is 10.5 Å². The molecule has 33 heavy (non-hydrogen) atoms. The van der Waals surface area contributed by atoms with Crippen LogP contribution in [-0.2, 0) is 13.2 Å². The molecule has 1 heterocycles. The summed E-state index contributed by atoms with van der Waals surface area (Å²) in [5.74, 6) is 0.363. The summed E-state index contributed by atoms with van der Waals surface area (Å²) < 4.78 is 6.06. The smallest absolute Gasteiger partial charge is 0.254 e. The molecule has 0 atom stereocenters. The molecule has 0 aromatic heterocycles.